The molecular formula is C16H32N2. The van der Waals surface area contributed by atoms with Gasteiger partial charge >= 0.3 is 0 Å². The normalized spacial score (nSPS) is 27.8. The predicted molar refractivity (Wildman–Crippen MR) is 78.9 cm³/mol. The van der Waals surface area contributed by atoms with Gasteiger partial charge in [0.25, 0.3) is 0 Å². The fourth-order valence-electron chi connectivity index (χ4n) is 3.60. The van der Waals surface area contributed by atoms with E-state index in [9.17, 15) is 0 Å². The highest BCUT2D eigenvalue weighted by Crippen LogP contribution is 2.26. The summed E-state index contributed by atoms with van der Waals surface area (Å²) in [6, 6.07) is 0. The Labute approximate surface area is 114 Å². The zero-order valence-electron chi connectivity index (χ0n) is 12.3. The zero-order valence-corrected chi connectivity index (χ0v) is 12.3. The molecule has 2 nitrogen and oxygen atoms in total. The van der Waals surface area contributed by atoms with Gasteiger partial charge in [-0.3, -0.25) is 0 Å². The molecule has 0 aliphatic carbocycles. The van der Waals surface area contributed by atoms with Gasteiger partial charge in [0.1, 0.15) is 0 Å². The molecule has 2 heteroatoms. The van der Waals surface area contributed by atoms with Crippen molar-refractivity contribution in [3.05, 3.63) is 0 Å². The molecule has 2 aliphatic heterocycles. The molecule has 2 saturated heterocycles. The van der Waals surface area contributed by atoms with E-state index in [0.717, 1.165) is 11.8 Å². The molecule has 0 bridgehead atoms. The van der Waals surface area contributed by atoms with Crippen LogP contribution in [0.25, 0.3) is 0 Å². The standard InChI is InChI=1S/C16H32N2/c1-2-3-4-5-6-7-8-9-10-18-13-15-11-17-12-16(15)14-18/h15-17H,2-14H2,1H3. The van der Waals surface area contributed by atoms with Crippen molar-refractivity contribution >= 4 is 0 Å². The van der Waals surface area contributed by atoms with Crippen LogP contribution in [0.4, 0.5) is 0 Å². The van der Waals surface area contributed by atoms with Crippen molar-refractivity contribution in [2.75, 3.05) is 32.7 Å². The lowest BCUT2D eigenvalue weighted by Gasteiger charge is -2.16. The van der Waals surface area contributed by atoms with E-state index in [1.807, 2.05) is 0 Å². The van der Waals surface area contributed by atoms with Crippen LogP contribution in [0.15, 0.2) is 0 Å². The van der Waals surface area contributed by atoms with Crippen LogP contribution >= 0.6 is 0 Å². The number of likely N-dealkylation sites (tertiary alicyclic amines) is 1. The summed E-state index contributed by atoms with van der Waals surface area (Å²) in [5.41, 5.74) is 0. The Hall–Kier alpha value is -0.0800. The molecule has 106 valence electrons. The summed E-state index contributed by atoms with van der Waals surface area (Å²) in [6.45, 7) is 8.95. The van der Waals surface area contributed by atoms with Gasteiger partial charge in [-0.15, -0.1) is 0 Å². The Kier molecular flexibility index (Phi) is 6.50. The molecule has 1 N–H and O–H groups in total. The minimum atomic E-state index is 0.971. The lowest BCUT2D eigenvalue weighted by atomic mass is 10.0. The van der Waals surface area contributed by atoms with Gasteiger partial charge in [0.15, 0.2) is 0 Å². The second kappa shape index (κ2) is 8.16. The fourth-order valence-corrected chi connectivity index (χ4v) is 3.60. The molecule has 0 amide bonds. The molecule has 18 heavy (non-hydrogen) atoms. The third kappa shape index (κ3) is 4.55. The predicted octanol–water partition coefficient (Wildman–Crippen LogP) is 3.28. The van der Waals surface area contributed by atoms with Crippen LogP contribution in [0.5, 0.6) is 0 Å². The number of hydrogen-bond acceptors (Lipinski definition) is 2. The fraction of sp³-hybridized carbons (Fsp3) is 1.00. The summed E-state index contributed by atoms with van der Waals surface area (Å²) in [4.78, 5) is 2.72. The second-order valence-corrected chi connectivity index (χ2v) is 6.41. The maximum Gasteiger partial charge on any atom is 0.00255 e. The van der Waals surface area contributed by atoms with Crippen LogP contribution in [0.3, 0.4) is 0 Å². The highest BCUT2D eigenvalue weighted by Gasteiger charge is 2.35. The lowest BCUT2D eigenvalue weighted by molar-refractivity contribution is 0.304. The molecule has 0 aromatic rings. The first-order chi connectivity index (χ1) is 8.90. The van der Waals surface area contributed by atoms with Crippen molar-refractivity contribution in [3.8, 4) is 0 Å². The Morgan fingerprint density at radius 3 is 2.00 bits per heavy atom. The van der Waals surface area contributed by atoms with Gasteiger partial charge in [0.2, 0.25) is 0 Å². The molecule has 2 atom stereocenters. The minimum absolute atomic E-state index is 0.971. The number of unbranched alkanes of at least 4 members (excludes halogenated alkanes) is 7. The van der Waals surface area contributed by atoms with E-state index in [4.69, 9.17) is 0 Å². The Bertz CT molecular complexity index is 205. The van der Waals surface area contributed by atoms with Crippen molar-refractivity contribution in [2.45, 2.75) is 58.3 Å². The van der Waals surface area contributed by atoms with Crippen LogP contribution in [0, 0.1) is 11.8 Å². The quantitative estimate of drug-likeness (QED) is 0.634. The Morgan fingerprint density at radius 2 is 1.39 bits per heavy atom. The van der Waals surface area contributed by atoms with Crippen LogP contribution in [-0.4, -0.2) is 37.6 Å². The molecular weight excluding hydrogens is 220 g/mol. The second-order valence-electron chi connectivity index (χ2n) is 6.41. The summed E-state index contributed by atoms with van der Waals surface area (Å²) in [5, 5.41) is 3.52. The van der Waals surface area contributed by atoms with E-state index in [-0.39, 0.29) is 0 Å². The summed E-state index contributed by atoms with van der Waals surface area (Å²) < 4.78 is 0. The lowest BCUT2D eigenvalue weighted by Crippen LogP contribution is -2.26. The minimum Gasteiger partial charge on any atom is -0.316 e. The molecule has 0 saturated carbocycles. The molecule has 2 rings (SSSR count). The number of nitrogens with zero attached hydrogens (tertiary/aromatic N) is 1. The number of rotatable bonds is 9. The first-order valence-electron chi connectivity index (χ1n) is 8.33. The molecule has 2 heterocycles. The van der Waals surface area contributed by atoms with Crippen molar-refractivity contribution in [2.24, 2.45) is 11.8 Å². The van der Waals surface area contributed by atoms with Crippen molar-refractivity contribution in [1.82, 2.24) is 10.2 Å². The summed E-state index contributed by atoms with van der Waals surface area (Å²) in [5.74, 6) is 1.94. The van der Waals surface area contributed by atoms with Crippen LogP contribution in [-0.2, 0) is 0 Å². The maximum atomic E-state index is 3.52. The molecule has 2 aliphatic rings. The summed E-state index contributed by atoms with van der Waals surface area (Å²) >= 11 is 0. The van der Waals surface area contributed by atoms with Gasteiger partial charge in [-0.25, -0.2) is 0 Å². The van der Waals surface area contributed by atoms with E-state index >= 15 is 0 Å². The van der Waals surface area contributed by atoms with E-state index in [1.54, 1.807) is 0 Å². The van der Waals surface area contributed by atoms with Crippen molar-refractivity contribution in [3.63, 3.8) is 0 Å². The average Bonchev–Trinajstić information content (AvgIpc) is 2.93. The van der Waals surface area contributed by atoms with Crippen LogP contribution in [0.2, 0.25) is 0 Å². The molecule has 2 unspecified atom stereocenters. The maximum absolute atomic E-state index is 3.52. The average molecular weight is 252 g/mol. The van der Waals surface area contributed by atoms with Crippen molar-refractivity contribution < 1.29 is 0 Å². The summed E-state index contributed by atoms with van der Waals surface area (Å²) in [7, 11) is 0. The zero-order chi connectivity index (χ0) is 12.6. The largest absolute Gasteiger partial charge is 0.316 e. The van der Waals surface area contributed by atoms with Gasteiger partial charge in [0.05, 0.1) is 0 Å². The monoisotopic (exact) mass is 252 g/mol. The van der Waals surface area contributed by atoms with Gasteiger partial charge in [-0.2, -0.15) is 0 Å². The Balaban J connectivity index is 1.40. The molecule has 0 radical (unpaired) electrons. The van der Waals surface area contributed by atoms with Crippen LogP contribution in [0.1, 0.15) is 58.3 Å². The Morgan fingerprint density at radius 1 is 0.833 bits per heavy atom. The molecule has 0 aromatic heterocycles. The van der Waals surface area contributed by atoms with Gasteiger partial charge < -0.3 is 10.2 Å². The highest BCUT2D eigenvalue weighted by atomic mass is 15.2. The number of fused-ring (bicyclic) bond motifs is 1. The summed E-state index contributed by atoms with van der Waals surface area (Å²) in [6.07, 6.45) is 11.5. The molecule has 0 aromatic carbocycles. The van der Waals surface area contributed by atoms with Gasteiger partial charge in [-0.1, -0.05) is 51.9 Å². The first kappa shape index (κ1) is 14.3. The number of hydrogen-bond donors (Lipinski definition) is 1. The number of nitrogens with one attached hydrogen (secondary N) is 1. The third-order valence-corrected chi connectivity index (χ3v) is 4.79. The van der Waals surface area contributed by atoms with E-state index in [1.165, 1.54) is 84.1 Å². The highest BCUT2D eigenvalue weighted by molar-refractivity contribution is 4.90. The topological polar surface area (TPSA) is 15.3 Å². The SMILES string of the molecule is CCCCCCCCCCN1CC2CNCC2C1. The van der Waals surface area contributed by atoms with E-state index < -0.39 is 0 Å². The van der Waals surface area contributed by atoms with E-state index in [0.29, 0.717) is 0 Å². The molecule has 2 fully saturated rings. The van der Waals surface area contributed by atoms with Crippen LogP contribution < -0.4 is 5.32 Å². The van der Waals surface area contributed by atoms with Crippen molar-refractivity contribution in [1.29, 1.82) is 0 Å². The van der Waals surface area contributed by atoms with Gasteiger partial charge in [-0.05, 0) is 37.9 Å². The smallest absolute Gasteiger partial charge is 0.00255 e. The van der Waals surface area contributed by atoms with Gasteiger partial charge in [0, 0.05) is 13.1 Å². The molecule has 0 spiro atoms. The first-order valence-corrected chi connectivity index (χ1v) is 8.33. The van der Waals surface area contributed by atoms with E-state index in [2.05, 4.69) is 17.1 Å². The third-order valence-electron chi connectivity index (χ3n) is 4.79.